The Labute approximate surface area is 133 Å². The molecule has 1 aromatic carbocycles. The molecule has 0 spiro atoms. The normalized spacial score (nSPS) is 18.9. The standard InChI is InChI=1S/C18H27NO3/c1-3-21-18-12-16(14-20)7-8-17(18)22-11-5-10-19-9-4-6-15(2)13-19/h7-8,12,14-15H,3-6,9-11,13H2,1-2H3/t15-/m0/s1. The van der Waals surface area contributed by atoms with Gasteiger partial charge in [0, 0.05) is 18.7 Å². The number of hydrogen-bond acceptors (Lipinski definition) is 4. The number of likely N-dealkylation sites (tertiary alicyclic amines) is 1. The number of carbonyl (C=O) groups is 1. The van der Waals surface area contributed by atoms with Crippen LogP contribution >= 0.6 is 0 Å². The molecule has 0 bridgehead atoms. The molecule has 0 radical (unpaired) electrons. The molecule has 4 nitrogen and oxygen atoms in total. The molecule has 0 aliphatic carbocycles. The summed E-state index contributed by atoms with van der Waals surface area (Å²) in [5, 5.41) is 0. The molecule has 1 aromatic rings. The zero-order valence-electron chi connectivity index (χ0n) is 13.7. The van der Waals surface area contributed by atoms with Crippen molar-refractivity contribution in [2.75, 3.05) is 32.8 Å². The number of benzene rings is 1. The van der Waals surface area contributed by atoms with Crippen molar-refractivity contribution >= 4 is 6.29 Å². The Morgan fingerprint density at radius 3 is 2.91 bits per heavy atom. The third-order valence-electron chi connectivity index (χ3n) is 4.02. The van der Waals surface area contributed by atoms with E-state index in [0.29, 0.717) is 24.5 Å². The summed E-state index contributed by atoms with van der Waals surface area (Å²) < 4.78 is 11.4. The van der Waals surface area contributed by atoms with Crippen molar-refractivity contribution in [2.24, 2.45) is 5.92 Å². The van der Waals surface area contributed by atoms with Crippen LogP contribution in [0.15, 0.2) is 18.2 Å². The fourth-order valence-corrected chi connectivity index (χ4v) is 2.95. The lowest BCUT2D eigenvalue weighted by molar-refractivity contribution is 0.112. The zero-order valence-corrected chi connectivity index (χ0v) is 13.7. The van der Waals surface area contributed by atoms with Gasteiger partial charge in [-0.1, -0.05) is 6.92 Å². The molecule has 122 valence electrons. The second-order valence-corrected chi connectivity index (χ2v) is 6.01. The maximum atomic E-state index is 10.8. The SMILES string of the molecule is CCOc1cc(C=O)ccc1OCCCN1CCC[C@H](C)C1. The highest BCUT2D eigenvalue weighted by molar-refractivity contribution is 5.76. The summed E-state index contributed by atoms with van der Waals surface area (Å²) in [4.78, 5) is 13.4. The fourth-order valence-electron chi connectivity index (χ4n) is 2.95. The van der Waals surface area contributed by atoms with Gasteiger partial charge in [0.1, 0.15) is 6.29 Å². The summed E-state index contributed by atoms with van der Waals surface area (Å²) in [7, 11) is 0. The first-order valence-electron chi connectivity index (χ1n) is 8.30. The molecule has 22 heavy (non-hydrogen) atoms. The summed E-state index contributed by atoms with van der Waals surface area (Å²) in [6.07, 6.45) is 4.50. The van der Waals surface area contributed by atoms with Gasteiger partial charge in [0.25, 0.3) is 0 Å². The second kappa shape index (κ2) is 8.79. The van der Waals surface area contributed by atoms with E-state index in [4.69, 9.17) is 9.47 Å². The van der Waals surface area contributed by atoms with Gasteiger partial charge in [-0.2, -0.15) is 0 Å². The Morgan fingerprint density at radius 2 is 2.18 bits per heavy atom. The number of aldehydes is 1. The number of carbonyl (C=O) groups excluding carboxylic acids is 1. The summed E-state index contributed by atoms with van der Waals surface area (Å²) in [5.41, 5.74) is 0.609. The van der Waals surface area contributed by atoms with E-state index >= 15 is 0 Å². The van der Waals surface area contributed by atoms with Gasteiger partial charge in [-0.15, -0.1) is 0 Å². The number of piperidine rings is 1. The van der Waals surface area contributed by atoms with Crippen molar-refractivity contribution in [3.8, 4) is 11.5 Å². The van der Waals surface area contributed by atoms with Crippen molar-refractivity contribution in [3.05, 3.63) is 23.8 Å². The van der Waals surface area contributed by atoms with E-state index in [1.165, 1.54) is 25.9 Å². The van der Waals surface area contributed by atoms with E-state index in [1.54, 1.807) is 12.1 Å². The Hall–Kier alpha value is -1.55. The van der Waals surface area contributed by atoms with Crippen LogP contribution in [0, 0.1) is 5.92 Å². The third-order valence-corrected chi connectivity index (χ3v) is 4.02. The van der Waals surface area contributed by atoms with Crippen molar-refractivity contribution in [1.29, 1.82) is 0 Å². The molecular formula is C18H27NO3. The van der Waals surface area contributed by atoms with Gasteiger partial charge in [0.15, 0.2) is 11.5 Å². The van der Waals surface area contributed by atoms with Gasteiger partial charge >= 0.3 is 0 Å². The molecule has 0 unspecified atom stereocenters. The summed E-state index contributed by atoms with van der Waals surface area (Å²) in [6.45, 7) is 8.98. The van der Waals surface area contributed by atoms with Gasteiger partial charge in [0.05, 0.1) is 13.2 Å². The Kier molecular flexibility index (Phi) is 6.72. The van der Waals surface area contributed by atoms with E-state index < -0.39 is 0 Å². The summed E-state index contributed by atoms with van der Waals surface area (Å²) in [6, 6.07) is 5.31. The molecule has 1 aliphatic heterocycles. The van der Waals surface area contributed by atoms with Crippen LogP contribution in [0.3, 0.4) is 0 Å². The smallest absolute Gasteiger partial charge is 0.161 e. The van der Waals surface area contributed by atoms with Crippen LogP contribution in [0.1, 0.15) is 43.5 Å². The van der Waals surface area contributed by atoms with E-state index in [2.05, 4.69) is 11.8 Å². The van der Waals surface area contributed by atoms with Crippen LogP contribution in [0.5, 0.6) is 11.5 Å². The van der Waals surface area contributed by atoms with Crippen LogP contribution in [0.4, 0.5) is 0 Å². The minimum atomic E-state index is 0.560. The maximum absolute atomic E-state index is 10.8. The van der Waals surface area contributed by atoms with Crippen molar-refractivity contribution in [1.82, 2.24) is 4.90 Å². The lowest BCUT2D eigenvalue weighted by atomic mass is 10.0. The van der Waals surface area contributed by atoms with E-state index in [1.807, 2.05) is 13.0 Å². The highest BCUT2D eigenvalue weighted by Crippen LogP contribution is 2.28. The van der Waals surface area contributed by atoms with E-state index in [-0.39, 0.29) is 0 Å². The predicted octanol–water partition coefficient (Wildman–Crippen LogP) is 3.40. The molecule has 0 N–H and O–H groups in total. The highest BCUT2D eigenvalue weighted by Gasteiger charge is 2.15. The molecular weight excluding hydrogens is 278 g/mol. The highest BCUT2D eigenvalue weighted by atomic mass is 16.5. The van der Waals surface area contributed by atoms with Crippen molar-refractivity contribution < 1.29 is 14.3 Å². The largest absolute Gasteiger partial charge is 0.490 e. The summed E-state index contributed by atoms with van der Waals surface area (Å²) in [5.74, 6) is 2.19. The third kappa shape index (κ3) is 5.02. The number of nitrogens with zero attached hydrogens (tertiary/aromatic N) is 1. The van der Waals surface area contributed by atoms with E-state index in [0.717, 1.165) is 30.9 Å². The quantitative estimate of drug-likeness (QED) is 0.545. The molecule has 1 heterocycles. The maximum Gasteiger partial charge on any atom is 0.161 e. The van der Waals surface area contributed by atoms with Crippen LogP contribution in [0.25, 0.3) is 0 Å². The van der Waals surface area contributed by atoms with Crippen molar-refractivity contribution in [2.45, 2.75) is 33.1 Å². The van der Waals surface area contributed by atoms with Crippen LogP contribution in [-0.2, 0) is 0 Å². The predicted molar refractivity (Wildman–Crippen MR) is 87.9 cm³/mol. The van der Waals surface area contributed by atoms with Crippen LogP contribution in [0.2, 0.25) is 0 Å². The molecule has 1 atom stereocenters. The fraction of sp³-hybridized carbons (Fsp3) is 0.611. The minimum Gasteiger partial charge on any atom is -0.490 e. The first kappa shape index (κ1) is 16.8. The zero-order chi connectivity index (χ0) is 15.8. The first-order chi connectivity index (χ1) is 10.7. The van der Waals surface area contributed by atoms with Crippen molar-refractivity contribution in [3.63, 3.8) is 0 Å². The molecule has 2 rings (SSSR count). The van der Waals surface area contributed by atoms with Crippen LogP contribution < -0.4 is 9.47 Å². The Balaban J connectivity index is 1.79. The second-order valence-electron chi connectivity index (χ2n) is 6.01. The molecule has 1 aliphatic rings. The minimum absolute atomic E-state index is 0.560. The average Bonchev–Trinajstić information content (AvgIpc) is 2.53. The van der Waals surface area contributed by atoms with Gasteiger partial charge in [-0.25, -0.2) is 0 Å². The van der Waals surface area contributed by atoms with Crippen LogP contribution in [-0.4, -0.2) is 44.0 Å². The van der Waals surface area contributed by atoms with E-state index in [9.17, 15) is 4.79 Å². The lowest BCUT2D eigenvalue weighted by Crippen LogP contribution is -2.35. The molecule has 0 aromatic heterocycles. The molecule has 1 saturated heterocycles. The topological polar surface area (TPSA) is 38.8 Å². The lowest BCUT2D eigenvalue weighted by Gasteiger charge is -2.30. The van der Waals surface area contributed by atoms with Gasteiger partial charge in [-0.05, 0) is 56.8 Å². The molecule has 0 saturated carbocycles. The van der Waals surface area contributed by atoms with Gasteiger partial charge in [-0.3, -0.25) is 4.79 Å². The average molecular weight is 305 g/mol. The molecule has 0 amide bonds. The van der Waals surface area contributed by atoms with Gasteiger partial charge < -0.3 is 14.4 Å². The molecule has 4 heteroatoms. The monoisotopic (exact) mass is 305 g/mol. The number of hydrogen-bond donors (Lipinski definition) is 0. The first-order valence-corrected chi connectivity index (χ1v) is 8.30. The van der Waals surface area contributed by atoms with Gasteiger partial charge in [0.2, 0.25) is 0 Å². The Morgan fingerprint density at radius 1 is 1.32 bits per heavy atom. The Bertz CT molecular complexity index is 475. The summed E-state index contributed by atoms with van der Waals surface area (Å²) >= 11 is 0. The molecule has 1 fully saturated rings. The number of ether oxygens (including phenoxy) is 2. The number of rotatable bonds is 8.